The summed E-state index contributed by atoms with van der Waals surface area (Å²) in [6.07, 6.45) is 0. The number of aliphatic carboxylic acids is 1. The van der Waals surface area contributed by atoms with Crippen LogP contribution in [0.2, 0.25) is 0 Å². The number of rotatable bonds is 4. The summed E-state index contributed by atoms with van der Waals surface area (Å²) in [5.41, 5.74) is 0. The Balaban J connectivity index is 2.84. The Kier molecular flexibility index (Phi) is 3.69. The lowest BCUT2D eigenvalue weighted by atomic mass is 10.1. The van der Waals surface area contributed by atoms with Crippen molar-refractivity contribution < 1.29 is 23.1 Å². The second kappa shape index (κ2) is 4.46. The van der Waals surface area contributed by atoms with Crippen molar-refractivity contribution in [3.8, 4) is 0 Å². The van der Waals surface area contributed by atoms with Gasteiger partial charge in [0.2, 0.25) is 10.0 Å². The highest BCUT2D eigenvalue weighted by atomic mass is 32.2. The van der Waals surface area contributed by atoms with Crippen LogP contribution in [0, 0.1) is 5.92 Å². The molecule has 2 unspecified atom stereocenters. The normalized spacial score (nSPS) is 27.1. The molecule has 88 valence electrons. The molecule has 0 spiro atoms. The van der Waals surface area contributed by atoms with Crippen LogP contribution >= 0.6 is 0 Å². The van der Waals surface area contributed by atoms with Gasteiger partial charge < -0.3 is 9.84 Å². The SMILES string of the molecule is CCS(=O)(=O)N(C)C1COCC1C(=O)O. The first-order valence-electron chi connectivity index (χ1n) is 4.66. The predicted molar refractivity (Wildman–Crippen MR) is 53.0 cm³/mol. The third-order valence-electron chi connectivity index (χ3n) is 2.64. The Labute approximate surface area is 88.9 Å². The molecule has 0 aliphatic carbocycles. The highest BCUT2D eigenvalue weighted by Gasteiger charge is 2.40. The highest BCUT2D eigenvalue weighted by molar-refractivity contribution is 7.89. The molecule has 15 heavy (non-hydrogen) atoms. The van der Waals surface area contributed by atoms with Crippen molar-refractivity contribution in [2.24, 2.45) is 5.92 Å². The van der Waals surface area contributed by atoms with Gasteiger partial charge in [-0.3, -0.25) is 4.79 Å². The van der Waals surface area contributed by atoms with Gasteiger partial charge in [0, 0.05) is 7.05 Å². The van der Waals surface area contributed by atoms with Gasteiger partial charge in [-0.25, -0.2) is 8.42 Å². The van der Waals surface area contributed by atoms with E-state index in [2.05, 4.69) is 0 Å². The number of hydrogen-bond donors (Lipinski definition) is 1. The molecule has 2 atom stereocenters. The van der Waals surface area contributed by atoms with E-state index in [0.717, 1.165) is 4.31 Å². The Morgan fingerprint density at radius 1 is 1.53 bits per heavy atom. The molecule has 0 bridgehead atoms. The van der Waals surface area contributed by atoms with Crippen LogP contribution in [0.25, 0.3) is 0 Å². The van der Waals surface area contributed by atoms with Crippen LogP contribution in [0.5, 0.6) is 0 Å². The molecule has 1 N–H and O–H groups in total. The van der Waals surface area contributed by atoms with Crippen molar-refractivity contribution in [1.82, 2.24) is 4.31 Å². The smallest absolute Gasteiger partial charge is 0.310 e. The van der Waals surface area contributed by atoms with E-state index in [1.807, 2.05) is 0 Å². The number of likely N-dealkylation sites (N-methyl/N-ethyl adjacent to an activating group) is 1. The monoisotopic (exact) mass is 237 g/mol. The predicted octanol–water partition coefficient (Wildman–Crippen LogP) is -0.632. The highest BCUT2D eigenvalue weighted by Crippen LogP contribution is 2.21. The summed E-state index contributed by atoms with van der Waals surface area (Å²) in [5, 5.41) is 8.87. The zero-order chi connectivity index (χ0) is 11.6. The zero-order valence-corrected chi connectivity index (χ0v) is 9.53. The van der Waals surface area contributed by atoms with Crippen LogP contribution in [0.3, 0.4) is 0 Å². The lowest BCUT2D eigenvalue weighted by Crippen LogP contribution is -2.44. The molecule has 1 saturated heterocycles. The van der Waals surface area contributed by atoms with Gasteiger partial charge in [0.25, 0.3) is 0 Å². The topological polar surface area (TPSA) is 83.9 Å². The van der Waals surface area contributed by atoms with Crippen molar-refractivity contribution in [1.29, 1.82) is 0 Å². The number of nitrogens with zero attached hydrogens (tertiary/aromatic N) is 1. The lowest BCUT2D eigenvalue weighted by molar-refractivity contribution is -0.142. The van der Waals surface area contributed by atoms with Gasteiger partial charge in [0.05, 0.1) is 30.9 Å². The fourth-order valence-electron chi connectivity index (χ4n) is 1.55. The van der Waals surface area contributed by atoms with Crippen molar-refractivity contribution in [3.63, 3.8) is 0 Å². The fraction of sp³-hybridized carbons (Fsp3) is 0.875. The average Bonchev–Trinajstić information content (AvgIpc) is 2.64. The Bertz CT molecular complexity index is 339. The van der Waals surface area contributed by atoms with Crippen LogP contribution in [-0.4, -0.2) is 55.9 Å². The Hall–Kier alpha value is -0.660. The second-order valence-corrected chi connectivity index (χ2v) is 5.78. The van der Waals surface area contributed by atoms with Crippen molar-refractivity contribution in [3.05, 3.63) is 0 Å². The van der Waals surface area contributed by atoms with Gasteiger partial charge in [0.1, 0.15) is 0 Å². The molecule has 0 aromatic rings. The first kappa shape index (κ1) is 12.4. The van der Waals surface area contributed by atoms with Gasteiger partial charge in [-0.15, -0.1) is 0 Å². The minimum Gasteiger partial charge on any atom is -0.481 e. The molecule has 1 fully saturated rings. The number of carboxylic acid groups (broad SMARTS) is 1. The lowest BCUT2D eigenvalue weighted by Gasteiger charge is -2.24. The van der Waals surface area contributed by atoms with Gasteiger partial charge in [-0.1, -0.05) is 0 Å². The van der Waals surface area contributed by atoms with Crippen molar-refractivity contribution in [2.75, 3.05) is 26.0 Å². The summed E-state index contributed by atoms with van der Waals surface area (Å²) in [4.78, 5) is 10.8. The van der Waals surface area contributed by atoms with Gasteiger partial charge in [-0.2, -0.15) is 4.31 Å². The van der Waals surface area contributed by atoms with Crippen LogP contribution in [-0.2, 0) is 19.6 Å². The summed E-state index contributed by atoms with van der Waals surface area (Å²) in [5.74, 6) is -1.82. The second-order valence-electron chi connectivity index (χ2n) is 3.47. The van der Waals surface area contributed by atoms with E-state index in [9.17, 15) is 13.2 Å². The molecule has 0 aromatic carbocycles. The summed E-state index contributed by atoms with van der Waals surface area (Å²) in [6.45, 7) is 1.74. The molecule has 1 rings (SSSR count). The van der Waals surface area contributed by atoms with E-state index in [1.54, 1.807) is 0 Å². The largest absolute Gasteiger partial charge is 0.481 e. The van der Waals surface area contributed by atoms with Gasteiger partial charge in [0.15, 0.2) is 0 Å². The summed E-state index contributed by atoms with van der Waals surface area (Å²) < 4.78 is 29.2. The van der Waals surface area contributed by atoms with Gasteiger partial charge in [-0.05, 0) is 6.92 Å². The number of carboxylic acids is 1. The summed E-state index contributed by atoms with van der Waals surface area (Å²) in [7, 11) is -1.96. The van der Waals surface area contributed by atoms with Crippen molar-refractivity contribution >= 4 is 16.0 Å². The van der Waals surface area contributed by atoms with E-state index in [1.165, 1.54) is 14.0 Å². The first-order valence-corrected chi connectivity index (χ1v) is 6.27. The molecular weight excluding hydrogens is 222 g/mol. The average molecular weight is 237 g/mol. The molecule has 6 nitrogen and oxygen atoms in total. The van der Waals surface area contributed by atoms with Crippen LogP contribution in [0.4, 0.5) is 0 Å². The third kappa shape index (κ3) is 2.47. The Morgan fingerprint density at radius 3 is 2.60 bits per heavy atom. The molecule has 1 heterocycles. The number of hydrogen-bond acceptors (Lipinski definition) is 4. The quantitative estimate of drug-likeness (QED) is 0.703. The molecule has 0 saturated carbocycles. The maximum atomic E-state index is 11.5. The summed E-state index contributed by atoms with van der Waals surface area (Å²) in [6, 6.07) is -0.590. The molecule has 1 aliphatic rings. The number of sulfonamides is 1. The van der Waals surface area contributed by atoms with Crippen LogP contribution in [0.15, 0.2) is 0 Å². The maximum Gasteiger partial charge on any atom is 0.310 e. The number of carbonyl (C=O) groups is 1. The standard InChI is InChI=1S/C8H15NO5S/c1-3-15(12,13)9(2)7-5-14-4-6(7)8(10)11/h6-7H,3-5H2,1-2H3,(H,10,11). The van der Waals surface area contributed by atoms with Crippen LogP contribution in [0.1, 0.15) is 6.92 Å². The van der Waals surface area contributed by atoms with Crippen molar-refractivity contribution in [2.45, 2.75) is 13.0 Å². The third-order valence-corrected chi connectivity index (χ3v) is 4.52. The van der Waals surface area contributed by atoms with Crippen LogP contribution < -0.4 is 0 Å². The minimum atomic E-state index is -3.36. The number of ether oxygens (including phenoxy) is 1. The molecular formula is C8H15NO5S. The molecule has 0 radical (unpaired) electrons. The molecule has 0 amide bonds. The molecule has 1 aliphatic heterocycles. The fourth-order valence-corrected chi connectivity index (χ4v) is 2.57. The first-order chi connectivity index (χ1) is 6.90. The van der Waals surface area contributed by atoms with Gasteiger partial charge >= 0.3 is 5.97 Å². The maximum absolute atomic E-state index is 11.5. The van der Waals surface area contributed by atoms with E-state index >= 15 is 0 Å². The molecule has 0 aromatic heterocycles. The van der Waals surface area contributed by atoms with E-state index in [0.29, 0.717) is 0 Å². The Morgan fingerprint density at radius 2 is 2.13 bits per heavy atom. The zero-order valence-electron chi connectivity index (χ0n) is 8.71. The van der Waals surface area contributed by atoms with E-state index < -0.39 is 28.0 Å². The minimum absolute atomic E-state index is 0.0354. The summed E-state index contributed by atoms with van der Waals surface area (Å²) >= 11 is 0. The van der Waals surface area contributed by atoms with E-state index in [4.69, 9.17) is 9.84 Å². The van der Waals surface area contributed by atoms with E-state index in [-0.39, 0.29) is 19.0 Å². The molecule has 7 heteroatoms.